The van der Waals surface area contributed by atoms with Crippen molar-refractivity contribution in [3.63, 3.8) is 0 Å². The van der Waals surface area contributed by atoms with Gasteiger partial charge in [-0.2, -0.15) is 18.4 Å². The molecular formula is C34H33ClF4N4O4S. The minimum absolute atomic E-state index is 0.0904. The number of nitriles is 1. The SMILES string of the molecule is C/C(=C\c1ccc2c(c1)N(S(=O)(=O)c1cccc(C(F)(F)F)c1)C[C@@H]1CN(C3(C#N)COC(C)(C)OC3)CCN21)c1c(F)cccc1Cl. The van der Waals surface area contributed by atoms with Crippen LogP contribution in [-0.2, 0) is 25.7 Å². The van der Waals surface area contributed by atoms with Crippen molar-refractivity contribution in [3.8, 4) is 6.07 Å². The lowest BCUT2D eigenvalue weighted by molar-refractivity contribution is -0.277. The van der Waals surface area contributed by atoms with E-state index in [1.54, 1.807) is 51.1 Å². The smallest absolute Gasteiger partial charge is 0.362 e. The number of hydrogen-bond acceptors (Lipinski definition) is 7. The minimum Gasteiger partial charge on any atom is -0.362 e. The summed E-state index contributed by atoms with van der Waals surface area (Å²) in [5.41, 5.74) is -0.136. The Morgan fingerprint density at radius 2 is 1.73 bits per heavy atom. The predicted octanol–water partition coefficient (Wildman–Crippen LogP) is 6.80. The molecule has 0 amide bonds. The van der Waals surface area contributed by atoms with Crippen LogP contribution in [0.15, 0.2) is 65.6 Å². The van der Waals surface area contributed by atoms with Gasteiger partial charge in [0.1, 0.15) is 5.82 Å². The molecule has 8 nitrogen and oxygen atoms in total. The molecule has 0 N–H and O–H groups in total. The zero-order valence-electron chi connectivity index (χ0n) is 26.4. The van der Waals surface area contributed by atoms with Gasteiger partial charge in [0.05, 0.1) is 58.7 Å². The molecule has 48 heavy (non-hydrogen) atoms. The number of hydrogen-bond donors (Lipinski definition) is 0. The number of halogens is 5. The van der Waals surface area contributed by atoms with Crippen molar-refractivity contribution in [2.75, 3.05) is 48.6 Å². The van der Waals surface area contributed by atoms with Crippen molar-refractivity contribution >= 4 is 44.6 Å². The molecule has 3 aromatic carbocycles. The van der Waals surface area contributed by atoms with Gasteiger partial charge in [0.15, 0.2) is 11.3 Å². The largest absolute Gasteiger partial charge is 0.416 e. The minimum atomic E-state index is -4.75. The molecule has 2 saturated heterocycles. The summed E-state index contributed by atoms with van der Waals surface area (Å²) in [5.74, 6) is -1.37. The molecule has 0 aliphatic carbocycles. The molecular weight excluding hydrogens is 672 g/mol. The summed E-state index contributed by atoms with van der Waals surface area (Å²) >= 11 is 6.29. The molecule has 0 spiro atoms. The molecule has 0 unspecified atom stereocenters. The van der Waals surface area contributed by atoms with Gasteiger partial charge < -0.3 is 14.4 Å². The maximum Gasteiger partial charge on any atom is 0.416 e. The second kappa shape index (κ2) is 12.3. The highest BCUT2D eigenvalue weighted by Crippen LogP contribution is 2.43. The number of piperazine rings is 1. The van der Waals surface area contributed by atoms with Crippen molar-refractivity contribution in [2.45, 2.75) is 49.2 Å². The third-order valence-corrected chi connectivity index (χ3v) is 11.1. The quantitative estimate of drug-likeness (QED) is 0.213. The second-order valence-corrected chi connectivity index (χ2v) is 14.9. The molecule has 1 atom stereocenters. The Kier molecular flexibility index (Phi) is 8.79. The Bertz CT molecular complexity index is 1900. The average Bonchev–Trinajstić information content (AvgIpc) is 3.04. The van der Waals surface area contributed by atoms with Gasteiger partial charge in [0.2, 0.25) is 0 Å². The lowest BCUT2D eigenvalue weighted by atomic mass is 9.95. The van der Waals surface area contributed by atoms with E-state index in [4.69, 9.17) is 21.1 Å². The fourth-order valence-electron chi connectivity index (χ4n) is 6.45. The molecule has 0 bridgehead atoms. The Labute approximate surface area is 281 Å². The molecule has 3 aliphatic rings. The summed E-state index contributed by atoms with van der Waals surface area (Å²) in [5, 5.41) is 10.5. The standard InChI is InChI=1S/C34H33ClF4N4O4S/c1-22(31-27(35)8-5-9-28(31)36)14-23-10-11-29-30(15-23)43(48(44,45)26-7-4-6-24(16-26)34(37,38)39)18-25-17-41(12-13-42(25)29)33(19-40)20-46-32(2,3)47-21-33/h4-11,14-16,25H,12-13,17-18,20-21H2,1-3H3/b22-14+/t25-/m0/s1. The van der Waals surface area contributed by atoms with Crippen molar-refractivity contribution < 1.29 is 35.5 Å². The molecule has 3 heterocycles. The second-order valence-electron chi connectivity index (χ2n) is 12.6. The number of ether oxygens (including phenoxy) is 2. The van der Waals surface area contributed by atoms with Crippen LogP contribution < -0.4 is 9.21 Å². The summed E-state index contributed by atoms with van der Waals surface area (Å²) in [6, 6.07) is 15.0. The number of nitrogens with zero attached hydrogens (tertiary/aromatic N) is 4. The van der Waals surface area contributed by atoms with Crippen molar-refractivity contribution in [2.24, 2.45) is 0 Å². The Hall–Kier alpha value is -3.67. The molecule has 14 heteroatoms. The van der Waals surface area contributed by atoms with E-state index in [0.717, 1.165) is 22.5 Å². The van der Waals surface area contributed by atoms with E-state index < -0.39 is 49.8 Å². The van der Waals surface area contributed by atoms with E-state index in [9.17, 15) is 31.2 Å². The van der Waals surface area contributed by atoms with Crippen LogP contribution in [-0.4, -0.2) is 70.1 Å². The van der Waals surface area contributed by atoms with Crippen molar-refractivity contribution in [3.05, 3.63) is 88.2 Å². The molecule has 0 radical (unpaired) electrons. The molecule has 254 valence electrons. The zero-order valence-corrected chi connectivity index (χ0v) is 28.0. The van der Waals surface area contributed by atoms with Crippen molar-refractivity contribution in [1.29, 1.82) is 5.26 Å². The third kappa shape index (κ3) is 6.28. The Morgan fingerprint density at radius 1 is 1.02 bits per heavy atom. The number of fused-ring (bicyclic) bond motifs is 3. The lowest BCUT2D eigenvalue weighted by Crippen LogP contribution is -2.68. The van der Waals surface area contributed by atoms with Crippen LogP contribution in [0.1, 0.15) is 37.5 Å². The number of sulfonamides is 1. The van der Waals surface area contributed by atoms with Gasteiger partial charge in [-0.1, -0.05) is 35.9 Å². The van der Waals surface area contributed by atoms with Gasteiger partial charge in [0, 0.05) is 25.2 Å². The number of anilines is 2. The first-order valence-electron chi connectivity index (χ1n) is 15.2. The summed E-state index contributed by atoms with van der Waals surface area (Å²) in [4.78, 5) is 3.48. The molecule has 0 aromatic heterocycles. The lowest BCUT2D eigenvalue weighted by Gasteiger charge is -2.53. The Morgan fingerprint density at radius 3 is 2.40 bits per heavy atom. The number of benzene rings is 3. The summed E-state index contributed by atoms with van der Waals surface area (Å²) in [7, 11) is -4.53. The Balaban J connectivity index is 1.42. The topological polar surface area (TPSA) is 86.1 Å². The van der Waals surface area contributed by atoms with Crippen molar-refractivity contribution in [1.82, 2.24) is 4.90 Å². The highest BCUT2D eigenvalue weighted by atomic mass is 35.5. The monoisotopic (exact) mass is 704 g/mol. The molecule has 2 fully saturated rings. The fourth-order valence-corrected chi connectivity index (χ4v) is 8.32. The average molecular weight is 705 g/mol. The van der Waals surface area contributed by atoms with E-state index in [-0.39, 0.29) is 42.6 Å². The van der Waals surface area contributed by atoms with Gasteiger partial charge in [-0.05, 0) is 74.4 Å². The van der Waals surface area contributed by atoms with Crippen LogP contribution in [0.5, 0.6) is 0 Å². The molecule has 6 rings (SSSR count). The first-order chi connectivity index (χ1) is 22.5. The summed E-state index contributed by atoms with van der Waals surface area (Å²) in [6.45, 7) is 6.42. The highest BCUT2D eigenvalue weighted by Gasteiger charge is 2.49. The van der Waals surface area contributed by atoms with Crippen LogP contribution >= 0.6 is 11.6 Å². The summed E-state index contributed by atoms with van der Waals surface area (Å²) < 4.78 is 97.0. The maximum atomic E-state index is 14.7. The van der Waals surface area contributed by atoms with Crippen LogP contribution in [0.4, 0.5) is 28.9 Å². The number of alkyl halides is 3. The van der Waals surface area contributed by atoms with Crippen LogP contribution in [0.25, 0.3) is 11.6 Å². The van der Waals surface area contributed by atoms with Gasteiger partial charge in [0.25, 0.3) is 10.0 Å². The summed E-state index contributed by atoms with van der Waals surface area (Å²) in [6.07, 6.45) is -3.08. The zero-order chi connectivity index (χ0) is 34.6. The van der Waals surface area contributed by atoms with Gasteiger partial charge in [-0.3, -0.25) is 9.21 Å². The number of rotatable bonds is 5. The van der Waals surface area contributed by atoms with E-state index in [1.165, 1.54) is 12.1 Å². The number of allylic oxidation sites excluding steroid dienone is 1. The maximum absolute atomic E-state index is 14.7. The normalized spacial score (nSPS) is 21.3. The highest BCUT2D eigenvalue weighted by molar-refractivity contribution is 7.92. The van der Waals surface area contributed by atoms with Crippen LogP contribution in [0, 0.1) is 17.1 Å². The predicted molar refractivity (Wildman–Crippen MR) is 174 cm³/mol. The molecule has 3 aromatic rings. The van der Waals surface area contributed by atoms with E-state index in [0.29, 0.717) is 36.0 Å². The van der Waals surface area contributed by atoms with E-state index in [2.05, 4.69) is 11.0 Å². The van der Waals surface area contributed by atoms with Gasteiger partial charge >= 0.3 is 6.18 Å². The fraction of sp³-hybridized carbons (Fsp3) is 0.382. The third-order valence-electron chi connectivity index (χ3n) is 9.06. The van der Waals surface area contributed by atoms with Crippen LogP contribution in [0.3, 0.4) is 0 Å². The molecule has 3 aliphatic heterocycles. The van der Waals surface area contributed by atoms with E-state index in [1.807, 2.05) is 4.90 Å². The van der Waals surface area contributed by atoms with Gasteiger partial charge in [-0.15, -0.1) is 0 Å². The van der Waals surface area contributed by atoms with E-state index >= 15 is 0 Å². The van der Waals surface area contributed by atoms with Gasteiger partial charge in [-0.25, -0.2) is 12.8 Å². The first kappa shape index (κ1) is 34.2. The van der Waals surface area contributed by atoms with Crippen LogP contribution in [0.2, 0.25) is 5.02 Å². The molecule has 0 saturated carbocycles. The first-order valence-corrected chi connectivity index (χ1v) is 17.0.